The highest BCUT2D eigenvalue weighted by Crippen LogP contribution is 2.17. The predicted molar refractivity (Wildman–Crippen MR) is 102 cm³/mol. The summed E-state index contributed by atoms with van der Waals surface area (Å²) < 4.78 is 7.57. The fourth-order valence-electron chi connectivity index (χ4n) is 2.59. The second kappa shape index (κ2) is 8.70. The highest BCUT2D eigenvalue weighted by molar-refractivity contribution is 5.69. The summed E-state index contributed by atoms with van der Waals surface area (Å²) in [6.45, 7) is 19.0. The Morgan fingerprint density at radius 1 is 1.20 bits per heavy atom. The number of carbonyl (C=O) groups is 1. The number of aryl methyl sites for hydroxylation is 3. The zero-order valence-electron chi connectivity index (χ0n) is 17.3. The van der Waals surface area contributed by atoms with E-state index in [0.29, 0.717) is 6.54 Å². The molecule has 0 atom stereocenters. The molecule has 144 valence electrons. The van der Waals surface area contributed by atoms with Crippen molar-refractivity contribution in [3.05, 3.63) is 17.5 Å². The van der Waals surface area contributed by atoms with Crippen LogP contribution in [0.2, 0.25) is 0 Å². The molecule has 0 unspecified atom stereocenters. The summed E-state index contributed by atoms with van der Waals surface area (Å²) in [5.41, 5.74) is 1.51. The normalized spacial score (nSPS) is 12.3. The number of nitrogens with one attached hydrogen (secondary N) is 1. The van der Waals surface area contributed by atoms with E-state index in [4.69, 9.17) is 4.74 Å². The molecule has 6 heteroatoms. The van der Waals surface area contributed by atoms with Gasteiger partial charge in [-0.2, -0.15) is 5.10 Å². The molecule has 1 amide bonds. The van der Waals surface area contributed by atoms with Gasteiger partial charge in [0, 0.05) is 30.9 Å². The highest BCUT2D eigenvalue weighted by atomic mass is 16.6. The lowest BCUT2D eigenvalue weighted by Crippen LogP contribution is -2.50. The Morgan fingerprint density at radius 3 is 2.32 bits per heavy atom. The number of aromatic nitrogens is 2. The van der Waals surface area contributed by atoms with Crippen LogP contribution in [-0.4, -0.2) is 51.5 Å². The van der Waals surface area contributed by atoms with Gasteiger partial charge in [0.15, 0.2) is 0 Å². The molecule has 0 aromatic carbocycles. The van der Waals surface area contributed by atoms with Crippen LogP contribution < -0.4 is 5.32 Å². The minimum Gasteiger partial charge on any atom is -0.444 e. The SMILES string of the molecule is Cc1cc(C)n(CCCNCCN(C(=O)OC(C)(C)C)C(C)(C)C)n1. The molecule has 0 radical (unpaired) electrons. The number of amides is 1. The maximum Gasteiger partial charge on any atom is 0.410 e. The van der Waals surface area contributed by atoms with Gasteiger partial charge in [0.25, 0.3) is 0 Å². The van der Waals surface area contributed by atoms with Gasteiger partial charge in [-0.3, -0.25) is 4.68 Å². The lowest BCUT2D eigenvalue weighted by atomic mass is 10.1. The van der Waals surface area contributed by atoms with Crippen LogP contribution in [0.5, 0.6) is 0 Å². The average Bonchev–Trinajstić information content (AvgIpc) is 2.72. The molecule has 0 spiro atoms. The Balaban J connectivity index is 2.37. The van der Waals surface area contributed by atoms with Crippen LogP contribution in [0.15, 0.2) is 6.07 Å². The van der Waals surface area contributed by atoms with E-state index < -0.39 is 5.60 Å². The molecular formula is C19H36N4O2. The van der Waals surface area contributed by atoms with E-state index in [1.807, 2.05) is 53.1 Å². The van der Waals surface area contributed by atoms with Gasteiger partial charge in [-0.05, 0) is 74.4 Å². The zero-order valence-corrected chi connectivity index (χ0v) is 17.3. The summed E-state index contributed by atoms with van der Waals surface area (Å²) in [5, 5.41) is 7.88. The first-order valence-electron chi connectivity index (χ1n) is 9.12. The molecule has 1 rings (SSSR count). The van der Waals surface area contributed by atoms with Crippen molar-refractivity contribution in [1.82, 2.24) is 20.0 Å². The first kappa shape index (κ1) is 21.5. The Bertz CT molecular complexity index is 553. The molecule has 1 N–H and O–H groups in total. The minimum absolute atomic E-state index is 0.260. The molecule has 1 heterocycles. The molecule has 0 aliphatic rings. The van der Waals surface area contributed by atoms with Gasteiger partial charge in [-0.25, -0.2) is 4.79 Å². The van der Waals surface area contributed by atoms with Gasteiger partial charge >= 0.3 is 6.09 Å². The third-order valence-electron chi connectivity index (χ3n) is 3.76. The maximum atomic E-state index is 12.4. The number of rotatable bonds is 7. The van der Waals surface area contributed by atoms with Crippen molar-refractivity contribution in [3.63, 3.8) is 0 Å². The monoisotopic (exact) mass is 352 g/mol. The third-order valence-corrected chi connectivity index (χ3v) is 3.76. The van der Waals surface area contributed by atoms with E-state index in [9.17, 15) is 4.79 Å². The first-order chi connectivity index (χ1) is 11.4. The van der Waals surface area contributed by atoms with E-state index in [0.717, 1.165) is 31.7 Å². The van der Waals surface area contributed by atoms with Crippen molar-refractivity contribution >= 4 is 6.09 Å². The van der Waals surface area contributed by atoms with Crippen LogP contribution in [-0.2, 0) is 11.3 Å². The lowest BCUT2D eigenvalue weighted by molar-refractivity contribution is 0.00665. The number of carbonyl (C=O) groups excluding carboxylic acids is 1. The van der Waals surface area contributed by atoms with Crippen LogP contribution in [0.25, 0.3) is 0 Å². The standard InChI is InChI=1S/C19H36N4O2/c1-15-14-16(2)23(21-15)12-9-10-20-11-13-22(18(3,4)5)17(24)25-19(6,7)8/h14,20H,9-13H2,1-8H3. The van der Waals surface area contributed by atoms with Gasteiger partial charge in [-0.1, -0.05) is 0 Å². The molecule has 0 bridgehead atoms. The lowest BCUT2D eigenvalue weighted by Gasteiger charge is -2.36. The Labute approximate surface area is 152 Å². The molecule has 0 aliphatic heterocycles. The maximum absolute atomic E-state index is 12.4. The second-order valence-electron chi connectivity index (χ2n) is 8.56. The fourth-order valence-corrected chi connectivity index (χ4v) is 2.59. The van der Waals surface area contributed by atoms with E-state index in [2.05, 4.69) is 23.4 Å². The summed E-state index contributed by atoms with van der Waals surface area (Å²) in [7, 11) is 0. The topological polar surface area (TPSA) is 59.4 Å². The Hall–Kier alpha value is -1.56. The molecule has 0 saturated carbocycles. The van der Waals surface area contributed by atoms with Gasteiger partial charge in [0.2, 0.25) is 0 Å². The molecular weight excluding hydrogens is 316 g/mol. The summed E-state index contributed by atoms with van der Waals surface area (Å²) in [6, 6.07) is 2.09. The van der Waals surface area contributed by atoms with Gasteiger partial charge < -0.3 is 15.0 Å². The fraction of sp³-hybridized carbons (Fsp3) is 0.789. The predicted octanol–water partition coefficient (Wildman–Crippen LogP) is 3.52. The van der Waals surface area contributed by atoms with E-state index >= 15 is 0 Å². The van der Waals surface area contributed by atoms with Gasteiger partial charge in [0.1, 0.15) is 5.60 Å². The van der Waals surface area contributed by atoms with Crippen LogP contribution >= 0.6 is 0 Å². The van der Waals surface area contributed by atoms with Crippen molar-refractivity contribution < 1.29 is 9.53 Å². The summed E-state index contributed by atoms with van der Waals surface area (Å²) >= 11 is 0. The van der Waals surface area contributed by atoms with E-state index in [-0.39, 0.29) is 11.6 Å². The summed E-state index contributed by atoms with van der Waals surface area (Å²) in [6.07, 6.45) is 0.744. The minimum atomic E-state index is -0.478. The van der Waals surface area contributed by atoms with E-state index in [1.165, 1.54) is 5.69 Å². The summed E-state index contributed by atoms with van der Waals surface area (Å²) in [5.74, 6) is 0. The van der Waals surface area contributed by atoms with Crippen LogP contribution in [0.3, 0.4) is 0 Å². The van der Waals surface area contributed by atoms with Crippen LogP contribution in [0.4, 0.5) is 4.79 Å². The third kappa shape index (κ3) is 7.90. The van der Waals surface area contributed by atoms with E-state index in [1.54, 1.807) is 4.90 Å². The number of ether oxygens (including phenoxy) is 1. The van der Waals surface area contributed by atoms with Crippen LogP contribution in [0.1, 0.15) is 59.4 Å². The molecule has 6 nitrogen and oxygen atoms in total. The van der Waals surface area contributed by atoms with Crippen molar-refractivity contribution in [2.45, 2.75) is 79.5 Å². The highest BCUT2D eigenvalue weighted by Gasteiger charge is 2.30. The Morgan fingerprint density at radius 2 is 1.84 bits per heavy atom. The number of hydrogen-bond donors (Lipinski definition) is 1. The van der Waals surface area contributed by atoms with Crippen molar-refractivity contribution in [2.75, 3.05) is 19.6 Å². The largest absolute Gasteiger partial charge is 0.444 e. The Kier molecular flexibility index (Phi) is 7.47. The van der Waals surface area contributed by atoms with Gasteiger partial charge in [0.05, 0.1) is 5.69 Å². The molecule has 0 aliphatic carbocycles. The molecule has 25 heavy (non-hydrogen) atoms. The molecule has 1 aromatic heterocycles. The number of hydrogen-bond acceptors (Lipinski definition) is 4. The smallest absolute Gasteiger partial charge is 0.410 e. The average molecular weight is 353 g/mol. The zero-order chi connectivity index (χ0) is 19.3. The first-order valence-corrected chi connectivity index (χ1v) is 9.12. The quantitative estimate of drug-likeness (QED) is 0.763. The molecule has 1 aromatic rings. The molecule has 0 fully saturated rings. The van der Waals surface area contributed by atoms with Gasteiger partial charge in [-0.15, -0.1) is 0 Å². The molecule has 0 saturated heterocycles. The summed E-state index contributed by atoms with van der Waals surface area (Å²) in [4.78, 5) is 14.2. The van der Waals surface area contributed by atoms with Crippen molar-refractivity contribution in [1.29, 1.82) is 0 Å². The van der Waals surface area contributed by atoms with Crippen molar-refractivity contribution in [3.8, 4) is 0 Å². The number of nitrogens with zero attached hydrogens (tertiary/aromatic N) is 3. The van der Waals surface area contributed by atoms with Crippen LogP contribution in [0, 0.1) is 13.8 Å². The van der Waals surface area contributed by atoms with Crippen molar-refractivity contribution in [2.24, 2.45) is 0 Å². The second-order valence-corrected chi connectivity index (χ2v) is 8.56.